The average Bonchev–Trinajstić information content (AvgIpc) is 2.95. The third-order valence-electron chi connectivity index (χ3n) is 3.07. The molecular formula is C12H17N3O3S. The standard InChI is InChI=1S/C12H17N3O3S/c1-3-4-10-15(9(6-19-10)12(17)18)11(16)8-5-14(2)7-13-8/h5,7,9-10H,3-4,6H2,1-2H3,(H,17,18). The fraction of sp³-hybridized carbons (Fsp3) is 0.583. The predicted molar refractivity (Wildman–Crippen MR) is 72.0 cm³/mol. The summed E-state index contributed by atoms with van der Waals surface area (Å²) in [5.74, 6) is -0.801. The van der Waals surface area contributed by atoms with Crippen LogP contribution in [-0.4, -0.2) is 48.6 Å². The van der Waals surface area contributed by atoms with Crippen molar-refractivity contribution < 1.29 is 14.7 Å². The number of rotatable bonds is 4. The number of carbonyl (C=O) groups excluding carboxylic acids is 1. The molecule has 1 aliphatic heterocycles. The Morgan fingerprint density at radius 2 is 2.32 bits per heavy atom. The molecule has 0 bridgehead atoms. The van der Waals surface area contributed by atoms with Crippen LogP contribution in [0.2, 0.25) is 0 Å². The van der Waals surface area contributed by atoms with Gasteiger partial charge in [-0.2, -0.15) is 0 Å². The van der Waals surface area contributed by atoms with Crippen LogP contribution in [0.5, 0.6) is 0 Å². The summed E-state index contributed by atoms with van der Waals surface area (Å²) in [4.78, 5) is 29.2. The second-order valence-electron chi connectivity index (χ2n) is 4.57. The van der Waals surface area contributed by atoms with Crippen molar-refractivity contribution >= 4 is 23.6 Å². The van der Waals surface area contributed by atoms with Crippen molar-refractivity contribution in [1.82, 2.24) is 14.5 Å². The third-order valence-corrected chi connectivity index (χ3v) is 4.43. The summed E-state index contributed by atoms with van der Waals surface area (Å²) in [6.45, 7) is 2.03. The molecule has 0 aliphatic carbocycles. The van der Waals surface area contributed by atoms with Gasteiger partial charge in [-0.25, -0.2) is 9.78 Å². The number of aromatic nitrogens is 2. The minimum Gasteiger partial charge on any atom is -0.480 e. The fourth-order valence-corrected chi connectivity index (χ4v) is 3.66. The second-order valence-corrected chi connectivity index (χ2v) is 5.78. The Bertz CT molecular complexity index is 488. The maximum atomic E-state index is 12.4. The highest BCUT2D eigenvalue weighted by Crippen LogP contribution is 2.33. The normalized spacial score (nSPS) is 22.7. The second kappa shape index (κ2) is 5.64. The van der Waals surface area contributed by atoms with Crippen LogP contribution in [0.3, 0.4) is 0 Å². The molecule has 2 atom stereocenters. The molecule has 0 aromatic carbocycles. The molecule has 2 heterocycles. The van der Waals surface area contributed by atoms with Crippen LogP contribution in [0.15, 0.2) is 12.5 Å². The highest BCUT2D eigenvalue weighted by atomic mass is 32.2. The average molecular weight is 283 g/mol. The Balaban J connectivity index is 2.25. The lowest BCUT2D eigenvalue weighted by Gasteiger charge is -2.26. The van der Waals surface area contributed by atoms with E-state index in [-0.39, 0.29) is 11.3 Å². The van der Waals surface area contributed by atoms with Crippen molar-refractivity contribution in [1.29, 1.82) is 0 Å². The molecule has 104 valence electrons. The van der Waals surface area contributed by atoms with Crippen molar-refractivity contribution in [2.75, 3.05) is 5.75 Å². The summed E-state index contributed by atoms with van der Waals surface area (Å²) in [5.41, 5.74) is 0.303. The third kappa shape index (κ3) is 2.75. The molecule has 2 rings (SSSR count). The monoisotopic (exact) mass is 283 g/mol. The van der Waals surface area contributed by atoms with Gasteiger partial charge in [-0.05, 0) is 6.42 Å². The van der Waals surface area contributed by atoms with Gasteiger partial charge in [0.1, 0.15) is 11.7 Å². The Morgan fingerprint density at radius 1 is 1.58 bits per heavy atom. The van der Waals surface area contributed by atoms with Gasteiger partial charge in [-0.15, -0.1) is 11.8 Å². The van der Waals surface area contributed by atoms with Gasteiger partial charge in [0.25, 0.3) is 5.91 Å². The van der Waals surface area contributed by atoms with Crippen LogP contribution in [0.4, 0.5) is 0 Å². The minimum atomic E-state index is -0.949. The molecule has 1 aliphatic rings. The quantitative estimate of drug-likeness (QED) is 0.898. The Labute approximate surface area is 115 Å². The van der Waals surface area contributed by atoms with E-state index in [4.69, 9.17) is 0 Å². The van der Waals surface area contributed by atoms with Crippen molar-refractivity contribution in [3.05, 3.63) is 18.2 Å². The molecule has 2 unspecified atom stereocenters. The number of carbonyl (C=O) groups is 2. The molecule has 1 aromatic rings. The van der Waals surface area contributed by atoms with E-state index in [9.17, 15) is 14.7 Å². The van der Waals surface area contributed by atoms with Gasteiger partial charge in [0, 0.05) is 19.0 Å². The maximum absolute atomic E-state index is 12.4. The Kier molecular flexibility index (Phi) is 4.14. The molecule has 1 amide bonds. The van der Waals surface area contributed by atoms with Gasteiger partial charge in [-0.3, -0.25) is 4.79 Å². The molecule has 0 spiro atoms. The highest BCUT2D eigenvalue weighted by Gasteiger charge is 2.41. The summed E-state index contributed by atoms with van der Waals surface area (Å²) < 4.78 is 1.68. The van der Waals surface area contributed by atoms with Crippen LogP contribution in [0.25, 0.3) is 0 Å². The zero-order valence-electron chi connectivity index (χ0n) is 10.9. The molecular weight excluding hydrogens is 266 g/mol. The van der Waals surface area contributed by atoms with Crippen molar-refractivity contribution in [3.63, 3.8) is 0 Å². The summed E-state index contributed by atoms with van der Waals surface area (Å²) >= 11 is 1.53. The number of carboxylic acid groups (broad SMARTS) is 1. The molecule has 1 fully saturated rings. The summed E-state index contributed by atoms with van der Waals surface area (Å²) in [5, 5.41) is 9.17. The Hall–Kier alpha value is -1.50. The highest BCUT2D eigenvalue weighted by molar-refractivity contribution is 8.00. The van der Waals surface area contributed by atoms with Gasteiger partial charge >= 0.3 is 5.97 Å². The first-order valence-electron chi connectivity index (χ1n) is 6.19. The van der Waals surface area contributed by atoms with E-state index in [1.54, 1.807) is 24.1 Å². The van der Waals surface area contributed by atoms with Gasteiger partial charge < -0.3 is 14.6 Å². The number of aryl methyl sites for hydroxylation is 1. The van der Waals surface area contributed by atoms with Crippen LogP contribution in [-0.2, 0) is 11.8 Å². The minimum absolute atomic E-state index is 0.0689. The van der Waals surface area contributed by atoms with E-state index in [2.05, 4.69) is 4.98 Å². The van der Waals surface area contributed by atoms with Crippen LogP contribution < -0.4 is 0 Å². The van der Waals surface area contributed by atoms with Gasteiger partial charge in [0.2, 0.25) is 0 Å². The number of thioether (sulfide) groups is 1. The molecule has 6 nitrogen and oxygen atoms in total. The molecule has 19 heavy (non-hydrogen) atoms. The number of aliphatic carboxylic acids is 1. The first-order valence-corrected chi connectivity index (χ1v) is 7.24. The van der Waals surface area contributed by atoms with E-state index in [1.165, 1.54) is 16.7 Å². The van der Waals surface area contributed by atoms with E-state index in [1.807, 2.05) is 6.92 Å². The molecule has 7 heteroatoms. The van der Waals surface area contributed by atoms with E-state index >= 15 is 0 Å². The van der Waals surface area contributed by atoms with Gasteiger partial charge in [0.15, 0.2) is 0 Å². The van der Waals surface area contributed by atoms with Crippen LogP contribution in [0, 0.1) is 0 Å². The first-order chi connectivity index (χ1) is 9.04. The number of imidazole rings is 1. The zero-order valence-corrected chi connectivity index (χ0v) is 11.8. The zero-order chi connectivity index (χ0) is 14.0. The molecule has 1 aromatic heterocycles. The number of nitrogens with zero attached hydrogens (tertiary/aromatic N) is 3. The van der Waals surface area contributed by atoms with Crippen LogP contribution >= 0.6 is 11.8 Å². The number of hydrogen-bond acceptors (Lipinski definition) is 4. The van der Waals surface area contributed by atoms with Gasteiger partial charge in [0.05, 0.1) is 11.7 Å². The fourth-order valence-electron chi connectivity index (χ4n) is 2.15. The Morgan fingerprint density at radius 3 is 2.84 bits per heavy atom. The lowest BCUT2D eigenvalue weighted by molar-refractivity contribution is -0.141. The number of hydrogen-bond donors (Lipinski definition) is 1. The molecule has 1 N–H and O–H groups in total. The topological polar surface area (TPSA) is 75.4 Å². The first kappa shape index (κ1) is 13.9. The molecule has 0 radical (unpaired) electrons. The summed E-state index contributed by atoms with van der Waals surface area (Å²) in [6.07, 6.45) is 4.87. The van der Waals surface area contributed by atoms with Gasteiger partial charge in [-0.1, -0.05) is 13.3 Å². The summed E-state index contributed by atoms with van der Waals surface area (Å²) in [6, 6.07) is -0.754. The van der Waals surface area contributed by atoms with E-state index in [0.29, 0.717) is 11.4 Å². The predicted octanol–water partition coefficient (Wildman–Crippen LogP) is 1.19. The maximum Gasteiger partial charge on any atom is 0.327 e. The molecule has 1 saturated heterocycles. The van der Waals surface area contributed by atoms with Crippen LogP contribution in [0.1, 0.15) is 30.3 Å². The lowest BCUT2D eigenvalue weighted by atomic mass is 10.2. The molecule has 0 saturated carbocycles. The van der Waals surface area contributed by atoms with E-state index in [0.717, 1.165) is 12.8 Å². The SMILES string of the molecule is CCCC1SCC(C(=O)O)N1C(=O)c1cn(C)cn1. The largest absolute Gasteiger partial charge is 0.480 e. The van der Waals surface area contributed by atoms with Crippen molar-refractivity contribution in [2.45, 2.75) is 31.2 Å². The van der Waals surface area contributed by atoms with Crippen molar-refractivity contribution in [3.8, 4) is 0 Å². The van der Waals surface area contributed by atoms with E-state index < -0.39 is 12.0 Å². The number of carboxylic acids is 1. The van der Waals surface area contributed by atoms with Crippen molar-refractivity contribution in [2.24, 2.45) is 7.05 Å². The smallest absolute Gasteiger partial charge is 0.327 e. The summed E-state index contributed by atoms with van der Waals surface area (Å²) in [7, 11) is 1.78. The lowest BCUT2D eigenvalue weighted by Crippen LogP contribution is -2.45. The number of amides is 1.